The van der Waals surface area contributed by atoms with Gasteiger partial charge in [0.15, 0.2) is 0 Å². The molecular weight excluding hydrogens is 214 g/mol. The van der Waals surface area contributed by atoms with Crippen molar-refractivity contribution in [1.82, 2.24) is 5.32 Å². The van der Waals surface area contributed by atoms with Gasteiger partial charge >= 0.3 is 0 Å². The van der Waals surface area contributed by atoms with Crippen molar-refractivity contribution in [3.63, 3.8) is 0 Å². The first kappa shape index (κ1) is 12.8. The van der Waals surface area contributed by atoms with E-state index in [0.717, 1.165) is 6.42 Å². The van der Waals surface area contributed by atoms with E-state index >= 15 is 0 Å². The van der Waals surface area contributed by atoms with Crippen molar-refractivity contribution in [1.29, 1.82) is 0 Å². The van der Waals surface area contributed by atoms with E-state index in [4.69, 9.17) is 4.74 Å². The van der Waals surface area contributed by atoms with E-state index in [2.05, 4.69) is 17.9 Å². The van der Waals surface area contributed by atoms with E-state index in [-0.39, 0.29) is 17.9 Å². The molecular formula is C10H19NO3S. The van der Waals surface area contributed by atoms with E-state index in [1.54, 1.807) is 0 Å². The summed E-state index contributed by atoms with van der Waals surface area (Å²) in [4.78, 5) is 10.9. The van der Waals surface area contributed by atoms with Gasteiger partial charge in [-0.1, -0.05) is 13.8 Å². The second-order valence-corrected chi connectivity index (χ2v) is 4.56. The first-order valence-electron chi connectivity index (χ1n) is 5.26. The Morgan fingerprint density at radius 3 is 2.67 bits per heavy atom. The molecule has 0 aromatic carbocycles. The fourth-order valence-electron chi connectivity index (χ4n) is 1.96. The molecule has 15 heavy (non-hydrogen) atoms. The van der Waals surface area contributed by atoms with Crippen LogP contribution in [-0.4, -0.2) is 34.7 Å². The Balaban J connectivity index is 2.70. The van der Waals surface area contributed by atoms with Gasteiger partial charge in [-0.05, 0) is 6.42 Å². The topological polar surface area (TPSA) is 58.6 Å². The minimum Gasteiger partial charge on any atom is -0.390 e. The number of thiol groups is 1. The van der Waals surface area contributed by atoms with Gasteiger partial charge < -0.3 is 15.2 Å². The molecule has 0 aromatic heterocycles. The molecule has 4 nitrogen and oxygen atoms in total. The van der Waals surface area contributed by atoms with Crippen molar-refractivity contribution in [2.24, 2.45) is 5.92 Å². The van der Waals surface area contributed by atoms with Crippen LogP contribution >= 0.6 is 12.6 Å². The smallest absolute Gasteiger partial charge is 0.217 e. The number of carbonyl (C=O) groups excluding carboxylic acids is 1. The van der Waals surface area contributed by atoms with E-state index in [1.807, 2.05) is 13.8 Å². The van der Waals surface area contributed by atoms with Gasteiger partial charge in [0.2, 0.25) is 5.91 Å². The average molecular weight is 233 g/mol. The fourth-order valence-corrected chi connectivity index (χ4v) is 2.37. The molecule has 88 valence electrons. The van der Waals surface area contributed by atoms with E-state index in [9.17, 15) is 9.90 Å². The van der Waals surface area contributed by atoms with E-state index < -0.39 is 17.6 Å². The Hall–Kier alpha value is -0.260. The summed E-state index contributed by atoms with van der Waals surface area (Å²) in [6.07, 6.45) is 0.241. The molecule has 5 heteroatoms. The van der Waals surface area contributed by atoms with Crippen LogP contribution in [0.25, 0.3) is 0 Å². The quantitative estimate of drug-likeness (QED) is 0.611. The van der Waals surface area contributed by atoms with Gasteiger partial charge in [0.05, 0.1) is 18.2 Å². The molecule has 3 unspecified atom stereocenters. The highest BCUT2D eigenvalue weighted by atomic mass is 32.1. The zero-order valence-corrected chi connectivity index (χ0v) is 10.2. The van der Waals surface area contributed by atoms with Gasteiger partial charge in [-0.15, -0.1) is 12.6 Å². The Bertz CT molecular complexity index is 237. The first-order chi connectivity index (χ1) is 6.97. The van der Waals surface area contributed by atoms with Gasteiger partial charge in [0.1, 0.15) is 5.44 Å². The SMILES string of the molecule is CCC1O[C@@H](S)C(NC(C)=O)C(O)[C@H]1C. The van der Waals surface area contributed by atoms with Crippen molar-refractivity contribution in [2.45, 2.75) is 50.9 Å². The van der Waals surface area contributed by atoms with Crippen LogP contribution in [0.15, 0.2) is 0 Å². The molecule has 1 rings (SSSR count). The summed E-state index contributed by atoms with van der Waals surface area (Å²) in [5.74, 6) is -0.168. The van der Waals surface area contributed by atoms with Gasteiger partial charge in [-0.3, -0.25) is 4.79 Å². The normalized spacial score (nSPS) is 41.3. The third-order valence-electron chi connectivity index (χ3n) is 2.89. The molecule has 0 bridgehead atoms. The standard InChI is InChI=1S/C10H19NO3S/c1-4-7-5(2)9(13)8(10(15)14-7)11-6(3)12/h5,7-10,13,15H,4H2,1-3H3,(H,11,12)/t5-,7?,8?,9?,10-/m0/s1. The summed E-state index contributed by atoms with van der Waals surface area (Å²) in [5.41, 5.74) is -0.440. The van der Waals surface area contributed by atoms with Crippen molar-refractivity contribution in [3.8, 4) is 0 Å². The summed E-state index contributed by atoms with van der Waals surface area (Å²) >= 11 is 4.25. The van der Waals surface area contributed by atoms with Crippen molar-refractivity contribution >= 4 is 18.5 Å². The molecule has 1 fully saturated rings. The maximum Gasteiger partial charge on any atom is 0.217 e. The molecule has 0 spiro atoms. The van der Waals surface area contributed by atoms with Crippen LogP contribution in [0.1, 0.15) is 27.2 Å². The van der Waals surface area contributed by atoms with Crippen LogP contribution < -0.4 is 5.32 Å². The zero-order chi connectivity index (χ0) is 11.6. The third kappa shape index (κ3) is 2.86. The Morgan fingerprint density at radius 1 is 1.60 bits per heavy atom. The number of aliphatic hydroxyl groups is 1. The largest absolute Gasteiger partial charge is 0.390 e. The Kier molecular flexibility index (Phi) is 4.43. The summed E-state index contributed by atoms with van der Waals surface area (Å²) in [6, 6.07) is -0.427. The van der Waals surface area contributed by atoms with Gasteiger partial charge in [0.25, 0.3) is 0 Å². The molecule has 1 saturated heterocycles. The van der Waals surface area contributed by atoms with E-state index in [0.29, 0.717) is 0 Å². The monoisotopic (exact) mass is 233 g/mol. The molecule has 1 heterocycles. The highest BCUT2D eigenvalue weighted by Crippen LogP contribution is 2.29. The molecule has 1 aliphatic heterocycles. The number of ether oxygens (including phenoxy) is 1. The van der Waals surface area contributed by atoms with Crippen molar-refractivity contribution in [2.75, 3.05) is 0 Å². The highest BCUT2D eigenvalue weighted by Gasteiger charge is 2.41. The lowest BCUT2D eigenvalue weighted by Gasteiger charge is -2.42. The number of amides is 1. The minimum atomic E-state index is -0.602. The summed E-state index contributed by atoms with van der Waals surface area (Å²) < 4.78 is 5.62. The van der Waals surface area contributed by atoms with Crippen LogP contribution in [0.5, 0.6) is 0 Å². The maximum absolute atomic E-state index is 10.9. The predicted molar refractivity (Wildman–Crippen MR) is 60.7 cm³/mol. The van der Waals surface area contributed by atoms with Crippen LogP contribution in [0.2, 0.25) is 0 Å². The number of hydrogen-bond donors (Lipinski definition) is 3. The molecule has 0 saturated carbocycles. The van der Waals surface area contributed by atoms with Crippen LogP contribution in [0.3, 0.4) is 0 Å². The minimum absolute atomic E-state index is 0.00695. The van der Waals surface area contributed by atoms with E-state index in [1.165, 1.54) is 6.92 Å². The average Bonchev–Trinajstić information content (AvgIpc) is 2.18. The third-order valence-corrected chi connectivity index (χ3v) is 3.33. The Morgan fingerprint density at radius 2 is 2.20 bits per heavy atom. The van der Waals surface area contributed by atoms with Gasteiger partial charge in [0, 0.05) is 12.8 Å². The number of aliphatic hydroxyl groups excluding tert-OH is 1. The lowest BCUT2D eigenvalue weighted by Crippen LogP contribution is -2.58. The second kappa shape index (κ2) is 5.18. The molecule has 5 atom stereocenters. The second-order valence-electron chi connectivity index (χ2n) is 4.05. The number of nitrogens with one attached hydrogen (secondary N) is 1. The first-order valence-corrected chi connectivity index (χ1v) is 5.77. The number of rotatable bonds is 2. The van der Waals surface area contributed by atoms with Gasteiger partial charge in [-0.2, -0.15) is 0 Å². The van der Waals surface area contributed by atoms with Gasteiger partial charge in [-0.25, -0.2) is 0 Å². The van der Waals surface area contributed by atoms with Crippen LogP contribution in [0, 0.1) is 5.92 Å². The fraction of sp³-hybridized carbons (Fsp3) is 0.900. The Labute approximate surface area is 95.8 Å². The maximum atomic E-state index is 10.9. The lowest BCUT2D eigenvalue weighted by atomic mass is 9.88. The molecule has 1 amide bonds. The van der Waals surface area contributed by atoms with Crippen molar-refractivity contribution in [3.05, 3.63) is 0 Å². The zero-order valence-electron chi connectivity index (χ0n) is 9.30. The summed E-state index contributed by atoms with van der Waals surface area (Å²) in [6.45, 7) is 5.35. The molecule has 2 N–H and O–H groups in total. The lowest BCUT2D eigenvalue weighted by molar-refractivity contribution is -0.136. The summed E-state index contributed by atoms with van der Waals surface area (Å²) in [7, 11) is 0. The van der Waals surface area contributed by atoms with Crippen LogP contribution in [0.4, 0.5) is 0 Å². The molecule has 0 radical (unpaired) electrons. The molecule has 1 aliphatic rings. The van der Waals surface area contributed by atoms with Crippen molar-refractivity contribution < 1.29 is 14.6 Å². The molecule has 0 aromatic rings. The summed E-state index contributed by atoms with van der Waals surface area (Å²) in [5, 5.41) is 12.7. The predicted octanol–water partition coefficient (Wildman–Crippen LogP) is 0.553. The number of hydrogen-bond acceptors (Lipinski definition) is 4. The molecule has 0 aliphatic carbocycles. The highest BCUT2D eigenvalue weighted by molar-refractivity contribution is 7.80. The number of carbonyl (C=O) groups is 1. The van der Waals surface area contributed by atoms with Crippen LogP contribution in [-0.2, 0) is 9.53 Å².